The van der Waals surface area contributed by atoms with E-state index in [0.29, 0.717) is 0 Å². The molecule has 1 aromatic heterocycles. The van der Waals surface area contributed by atoms with Crippen LogP contribution < -0.4 is 15.2 Å². The van der Waals surface area contributed by atoms with E-state index < -0.39 is 5.60 Å². The predicted molar refractivity (Wildman–Crippen MR) is 63.5 cm³/mol. The van der Waals surface area contributed by atoms with Crippen molar-refractivity contribution in [1.29, 1.82) is 0 Å². The Bertz CT molecular complexity index is 438. The number of nitrogens with two attached hydrogens (primary N) is 1. The summed E-state index contributed by atoms with van der Waals surface area (Å²) >= 11 is 0. The van der Waals surface area contributed by atoms with Crippen LogP contribution in [0.2, 0.25) is 0 Å². The summed E-state index contributed by atoms with van der Waals surface area (Å²) in [7, 11) is 0. The lowest BCUT2D eigenvalue weighted by Gasteiger charge is -2.18. The Balaban J connectivity index is 2.94. The van der Waals surface area contributed by atoms with Crippen LogP contribution >= 0.6 is 0 Å². The van der Waals surface area contributed by atoms with Gasteiger partial charge in [0.05, 0.1) is 6.10 Å². The molecule has 0 amide bonds. The molecule has 17 heavy (non-hydrogen) atoms. The lowest BCUT2D eigenvalue weighted by atomic mass is 10.2. The first-order valence-corrected chi connectivity index (χ1v) is 5.17. The lowest BCUT2D eigenvalue weighted by molar-refractivity contribution is 0.149. The van der Waals surface area contributed by atoms with E-state index in [9.17, 15) is 0 Å². The molecule has 92 valence electrons. The number of ether oxygens (including phenoxy) is 2. The minimum absolute atomic E-state index is 0.0264. The van der Waals surface area contributed by atoms with Crippen LogP contribution in [0.25, 0.3) is 0 Å². The SMILES string of the molecule is C#CC(C)(C)Oc1nc(N)nc(OC(C)C)n1. The minimum Gasteiger partial charge on any atom is -0.461 e. The molecule has 0 fully saturated rings. The van der Waals surface area contributed by atoms with E-state index in [4.69, 9.17) is 21.6 Å². The van der Waals surface area contributed by atoms with Gasteiger partial charge in [0, 0.05) is 0 Å². The normalized spacial score (nSPS) is 11.1. The maximum absolute atomic E-state index is 5.52. The van der Waals surface area contributed by atoms with Crippen LogP contribution in [0, 0.1) is 12.3 Å². The van der Waals surface area contributed by atoms with E-state index in [-0.39, 0.29) is 24.1 Å². The number of hydrogen-bond donors (Lipinski definition) is 1. The van der Waals surface area contributed by atoms with Crippen LogP contribution in [-0.4, -0.2) is 26.7 Å². The number of nitrogens with zero attached hydrogens (tertiary/aromatic N) is 3. The third kappa shape index (κ3) is 4.15. The van der Waals surface area contributed by atoms with Crippen LogP contribution in [0.4, 0.5) is 5.95 Å². The molecular formula is C11H16N4O2. The Hall–Kier alpha value is -2.03. The first kappa shape index (κ1) is 13.0. The molecule has 0 unspecified atom stereocenters. The van der Waals surface area contributed by atoms with Gasteiger partial charge in [-0.05, 0) is 27.7 Å². The van der Waals surface area contributed by atoms with Crippen LogP contribution in [0.3, 0.4) is 0 Å². The molecule has 2 N–H and O–H groups in total. The van der Waals surface area contributed by atoms with Crippen molar-refractivity contribution in [3.05, 3.63) is 0 Å². The fraction of sp³-hybridized carbons (Fsp3) is 0.545. The summed E-state index contributed by atoms with van der Waals surface area (Å²) in [6.07, 6.45) is 5.24. The zero-order valence-electron chi connectivity index (χ0n) is 10.4. The number of hydrogen-bond acceptors (Lipinski definition) is 6. The maximum Gasteiger partial charge on any atom is 0.325 e. The maximum atomic E-state index is 5.52. The van der Waals surface area contributed by atoms with Crippen molar-refractivity contribution in [2.24, 2.45) is 0 Å². The van der Waals surface area contributed by atoms with Crippen LogP contribution in [0.1, 0.15) is 27.7 Å². The topological polar surface area (TPSA) is 83.2 Å². The highest BCUT2D eigenvalue weighted by atomic mass is 16.5. The van der Waals surface area contributed by atoms with Crippen molar-refractivity contribution in [2.45, 2.75) is 39.4 Å². The smallest absolute Gasteiger partial charge is 0.325 e. The van der Waals surface area contributed by atoms with Crippen molar-refractivity contribution in [1.82, 2.24) is 15.0 Å². The molecule has 6 heteroatoms. The van der Waals surface area contributed by atoms with Gasteiger partial charge in [-0.2, -0.15) is 9.97 Å². The van der Waals surface area contributed by atoms with Crippen LogP contribution in [0.5, 0.6) is 12.0 Å². The highest BCUT2D eigenvalue weighted by Gasteiger charge is 2.19. The number of nitrogen functional groups attached to an aromatic ring is 1. The van der Waals surface area contributed by atoms with Gasteiger partial charge in [0.2, 0.25) is 5.95 Å². The van der Waals surface area contributed by atoms with Crippen molar-refractivity contribution in [3.8, 4) is 24.4 Å². The fourth-order valence-electron chi connectivity index (χ4n) is 0.920. The highest BCUT2D eigenvalue weighted by molar-refractivity contribution is 5.21. The van der Waals surface area contributed by atoms with Crippen molar-refractivity contribution >= 4 is 5.95 Å². The molecule has 0 aromatic carbocycles. The van der Waals surface area contributed by atoms with Crippen molar-refractivity contribution in [2.75, 3.05) is 5.73 Å². The highest BCUT2D eigenvalue weighted by Crippen LogP contribution is 2.17. The molecule has 0 bridgehead atoms. The minimum atomic E-state index is -0.817. The molecule has 0 aliphatic carbocycles. The van der Waals surface area contributed by atoms with Gasteiger partial charge in [-0.1, -0.05) is 5.92 Å². The first-order chi connectivity index (χ1) is 7.82. The molecular weight excluding hydrogens is 220 g/mol. The Morgan fingerprint density at radius 1 is 1.24 bits per heavy atom. The number of rotatable bonds is 4. The Kier molecular flexibility index (Phi) is 3.73. The molecule has 0 radical (unpaired) electrons. The van der Waals surface area contributed by atoms with E-state index in [1.165, 1.54) is 0 Å². The van der Waals surface area contributed by atoms with Gasteiger partial charge in [-0.25, -0.2) is 0 Å². The van der Waals surface area contributed by atoms with Crippen LogP contribution in [0.15, 0.2) is 0 Å². The average Bonchev–Trinajstić information content (AvgIpc) is 2.14. The second kappa shape index (κ2) is 4.87. The Morgan fingerprint density at radius 3 is 2.35 bits per heavy atom. The third-order valence-electron chi connectivity index (χ3n) is 1.65. The van der Waals surface area contributed by atoms with Gasteiger partial charge in [-0.15, -0.1) is 11.4 Å². The lowest BCUT2D eigenvalue weighted by Crippen LogP contribution is -2.27. The number of anilines is 1. The molecule has 1 aromatic rings. The quantitative estimate of drug-likeness (QED) is 0.786. The summed E-state index contributed by atoms with van der Waals surface area (Å²) in [5, 5.41) is 0. The standard InChI is InChI=1S/C11H16N4O2/c1-6-11(4,5)17-10-14-8(12)13-9(15-10)16-7(2)3/h1,7H,2-5H3,(H2,12,13,14,15). The number of terminal acetylenes is 1. The van der Waals surface area contributed by atoms with E-state index in [1.807, 2.05) is 13.8 Å². The summed E-state index contributed by atoms with van der Waals surface area (Å²) in [5.74, 6) is 2.49. The van der Waals surface area contributed by atoms with Gasteiger partial charge < -0.3 is 15.2 Å². The van der Waals surface area contributed by atoms with Gasteiger partial charge in [0.25, 0.3) is 0 Å². The summed E-state index contributed by atoms with van der Waals surface area (Å²) < 4.78 is 10.7. The first-order valence-electron chi connectivity index (χ1n) is 5.17. The fourth-order valence-corrected chi connectivity index (χ4v) is 0.920. The second-order valence-corrected chi connectivity index (χ2v) is 4.18. The summed E-state index contributed by atoms with van der Waals surface area (Å²) in [4.78, 5) is 11.6. The third-order valence-corrected chi connectivity index (χ3v) is 1.65. The van der Waals surface area contributed by atoms with Gasteiger partial charge in [0.15, 0.2) is 5.60 Å². The molecule has 0 spiro atoms. The monoisotopic (exact) mass is 236 g/mol. The molecule has 1 heterocycles. The number of aromatic nitrogens is 3. The second-order valence-electron chi connectivity index (χ2n) is 4.18. The zero-order valence-corrected chi connectivity index (χ0v) is 10.4. The summed E-state index contributed by atoms with van der Waals surface area (Å²) in [6, 6.07) is 0.173. The van der Waals surface area contributed by atoms with E-state index in [2.05, 4.69) is 20.9 Å². The molecule has 0 aliphatic heterocycles. The predicted octanol–water partition coefficient (Wildman–Crippen LogP) is 1.03. The molecule has 0 atom stereocenters. The summed E-state index contributed by atoms with van der Waals surface area (Å²) in [6.45, 7) is 7.14. The van der Waals surface area contributed by atoms with Crippen molar-refractivity contribution < 1.29 is 9.47 Å². The Morgan fingerprint density at radius 2 is 1.82 bits per heavy atom. The molecule has 0 saturated carbocycles. The van der Waals surface area contributed by atoms with E-state index >= 15 is 0 Å². The van der Waals surface area contributed by atoms with Crippen LogP contribution in [-0.2, 0) is 0 Å². The molecule has 1 rings (SSSR count). The molecule has 0 aliphatic rings. The molecule has 0 saturated heterocycles. The summed E-state index contributed by atoms with van der Waals surface area (Å²) in [5.41, 5.74) is 4.70. The van der Waals surface area contributed by atoms with Gasteiger partial charge in [0.1, 0.15) is 0 Å². The van der Waals surface area contributed by atoms with E-state index in [0.717, 1.165) is 0 Å². The van der Waals surface area contributed by atoms with E-state index in [1.54, 1.807) is 13.8 Å². The Labute approximate surface area is 101 Å². The van der Waals surface area contributed by atoms with Gasteiger partial charge >= 0.3 is 12.0 Å². The zero-order chi connectivity index (χ0) is 13.1. The molecule has 6 nitrogen and oxygen atoms in total. The van der Waals surface area contributed by atoms with Crippen molar-refractivity contribution in [3.63, 3.8) is 0 Å². The largest absolute Gasteiger partial charge is 0.461 e. The van der Waals surface area contributed by atoms with Gasteiger partial charge in [-0.3, -0.25) is 0 Å². The average molecular weight is 236 g/mol.